The molecular formula is C28H14Cl4N2O2. The number of benzene rings is 6. The molecule has 0 saturated carbocycles. The van der Waals surface area contributed by atoms with Gasteiger partial charge in [-0.05, 0) is 66.0 Å². The predicted octanol–water partition coefficient (Wildman–Crippen LogP) is 8.84. The molecule has 0 radical (unpaired) electrons. The van der Waals surface area contributed by atoms with E-state index in [9.17, 15) is 9.59 Å². The summed E-state index contributed by atoms with van der Waals surface area (Å²) in [5, 5.41) is 11.6. The van der Waals surface area contributed by atoms with Crippen LogP contribution in [0.2, 0.25) is 20.1 Å². The molecule has 6 aromatic rings. The van der Waals surface area contributed by atoms with Crippen LogP contribution < -0.4 is 21.5 Å². The smallest absolute Gasteiger partial charge is 0.245 e. The largest absolute Gasteiger partial charge is 0.355 e. The zero-order chi connectivity index (χ0) is 25.1. The maximum atomic E-state index is 12.9. The summed E-state index contributed by atoms with van der Waals surface area (Å²) in [5.74, 6) is 0. The average molecular weight is 552 g/mol. The second kappa shape index (κ2) is 8.68. The third-order valence-corrected chi connectivity index (χ3v) is 7.47. The van der Waals surface area contributed by atoms with E-state index < -0.39 is 10.9 Å². The second-order valence-electron chi connectivity index (χ2n) is 8.37. The van der Waals surface area contributed by atoms with Gasteiger partial charge in [-0.2, -0.15) is 0 Å². The first-order chi connectivity index (χ1) is 17.3. The van der Waals surface area contributed by atoms with E-state index in [1.54, 1.807) is 30.3 Å². The molecule has 0 atom stereocenters. The van der Waals surface area contributed by atoms with Crippen LogP contribution >= 0.6 is 46.4 Å². The molecule has 0 saturated heterocycles. The van der Waals surface area contributed by atoms with Crippen LogP contribution in [0.5, 0.6) is 0 Å². The number of nitrogens with one attached hydrogen (secondary N) is 2. The molecule has 0 spiro atoms. The van der Waals surface area contributed by atoms with Gasteiger partial charge >= 0.3 is 0 Å². The van der Waals surface area contributed by atoms with Gasteiger partial charge in [-0.3, -0.25) is 9.59 Å². The van der Waals surface area contributed by atoms with Crippen LogP contribution in [0.25, 0.3) is 32.3 Å². The molecule has 0 amide bonds. The van der Waals surface area contributed by atoms with E-state index in [1.807, 2.05) is 42.5 Å². The molecule has 0 aliphatic rings. The normalized spacial score (nSPS) is 11.6. The van der Waals surface area contributed by atoms with Gasteiger partial charge in [0.25, 0.3) is 0 Å². The SMILES string of the molecule is O=c1c(Cl)c2c(Cl)c(Nc3ccc(Cl)cc3)c3c(Nc4ccc(Cl)cc4)ccc4ccc(c1=O)c2c43. The number of hydrogen-bond donors (Lipinski definition) is 2. The first-order valence-corrected chi connectivity index (χ1v) is 12.4. The highest BCUT2D eigenvalue weighted by molar-refractivity contribution is 6.49. The van der Waals surface area contributed by atoms with Crippen LogP contribution in [0.3, 0.4) is 0 Å². The minimum Gasteiger partial charge on any atom is -0.355 e. The Balaban J connectivity index is 1.75. The molecule has 0 aliphatic carbocycles. The zero-order valence-corrected chi connectivity index (χ0v) is 21.3. The number of rotatable bonds is 4. The van der Waals surface area contributed by atoms with E-state index in [2.05, 4.69) is 10.6 Å². The molecule has 6 aromatic carbocycles. The van der Waals surface area contributed by atoms with Crippen LogP contribution in [0.15, 0.2) is 82.4 Å². The Kier molecular flexibility index (Phi) is 5.58. The van der Waals surface area contributed by atoms with Gasteiger partial charge < -0.3 is 10.6 Å². The number of anilines is 4. The molecule has 0 bridgehead atoms. The molecule has 0 unspecified atom stereocenters. The van der Waals surface area contributed by atoms with Crippen molar-refractivity contribution in [2.24, 2.45) is 0 Å². The Morgan fingerprint density at radius 2 is 1.08 bits per heavy atom. The summed E-state index contributed by atoms with van der Waals surface area (Å²) in [5.41, 5.74) is 1.40. The van der Waals surface area contributed by atoms with E-state index in [-0.39, 0.29) is 15.4 Å². The Hall–Kier alpha value is -3.28. The molecule has 8 heteroatoms. The average Bonchev–Trinajstić information content (AvgIpc) is 2.88. The maximum absolute atomic E-state index is 12.9. The fourth-order valence-corrected chi connectivity index (χ4v) is 5.51. The van der Waals surface area contributed by atoms with Gasteiger partial charge in [-0.25, -0.2) is 0 Å². The monoisotopic (exact) mass is 550 g/mol. The highest BCUT2D eigenvalue weighted by Crippen LogP contribution is 2.48. The summed E-state index contributed by atoms with van der Waals surface area (Å²) < 4.78 is 0. The van der Waals surface area contributed by atoms with Crippen molar-refractivity contribution in [3.8, 4) is 0 Å². The van der Waals surface area contributed by atoms with Crippen LogP contribution in [-0.2, 0) is 0 Å². The van der Waals surface area contributed by atoms with Gasteiger partial charge in [0.05, 0.1) is 10.7 Å². The summed E-state index contributed by atoms with van der Waals surface area (Å²) in [4.78, 5) is 25.6. The maximum Gasteiger partial charge on any atom is 0.245 e. The molecule has 0 fully saturated rings. The lowest BCUT2D eigenvalue weighted by Crippen LogP contribution is -2.24. The van der Waals surface area contributed by atoms with Gasteiger partial charge in [-0.15, -0.1) is 0 Å². The lowest BCUT2D eigenvalue weighted by atomic mass is 9.91. The Bertz CT molecular complexity index is 1910. The van der Waals surface area contributed by atoms with Crippen molar-refractivity contribution >= 4 is 101 Å². The predicted molar refractivity (Wildman–Crippen MR) is 153 cm³/mol. The molecule has 176 valence electrons. The quantitative estimate of drug-likeness (QED) is 0.170. The third-order valence-electron chi connectivity index (χ3n) is 6.23. The topological polar surface area (TPSA) is 58.2 Å². The van der Waals surface area contributed by atoms with Crippen molar-refractivity contribution in [1.29, 1.82) is 0 Å². The molecule has 4 nitrogen and oxygen atoms in total. The summed E-state index contributed by atoms with van der Waals surface area (Å²) in [7, 11) is 0. The third kappa shape index (κ3) is 3.61. The first kappa shape index (κ1) is 23.1. The summed E-state index contributed by atoms with van der Waals surface area (Å²) in [6, 6.07) is 21.8. The Labute approximate surface area is 224 Å². The lowest BCUT2D eigenvalue weighted by molar-refractivity contribution is 1.54. The Morgan fingerprint density at radius 1 is 0.500 bits per heavy atom. The van der Waals surface area contributed by atoms with E-state index in [1.165, 1.54) is 0 Å². The van der Waals surface area contributed by atoms with Crippen molar-refractivity contribution in [3.05, 3.63) is 113 Å². The highest BCUT2D eigenvalue weighted by Gasteiger charge is 2.24. The van der Waals surface area contributed by atoms with Gasteiger partial charge in [0.2, 0.25) is 10.9 Å². The van der Waals surface area contributed by atoms with Crippen molar-refractivity contribution in [3.63, 3.8) is 0 Å². The molecule has 0 aromatic heterocycles. The Morgan fingerprint density at radius 3 is 1.72 bits per heavy atom. The summed E-state index contributed by atoms with van der Waals surface area (Å²) in [6.07, 6.45) is 0. The van der Waals surface area contributed by atoms with Gasteiger partial charge in [0, 0.05) is 54.0 Å². The molecule has 0 heterocycles. The van der Waals surface area contributed by atoms with Crippen LogP contribution in [0.1, 0.15) is 0 Å². The van der Waals surface area contributed by atoms with Crippen molar-refractivity contribution < 1.29 is 0 Å². The fourth-order valence-electron chi connectivity index (χ4n) is 4.60. The van der Waals surface area contributed by atoms with Crippen LogP contribution in [0, 0.1) is 0 Å². The minimum absolute atomic E-state index is 0.192. The first-order valence-electron chi connectivity index (χ1n) is 10.9. The van der Waals surface area contributed by atoms with Crippen LogP contribution in [0.4, 0.5) is 22.7 Å². The molecule has 36 heavy (non-hydrogen) atoms. The summed E-state index contributed by atoms with van der Waals surface area (Å²) in [6.45, 7) is 0. The van der Waals surface area contributed by atoms with Gasteiger partial charge in [0.1, 0.15) is 5.02 Å². The van der Waals surface area contributed by atoms with Gasteiger partial charge in [0.15, 0.2) is 0 Å². The molecule has 2 N–H and O–H groups in total. The number of halogens is 4. The standard InChI is InChI=1S/C28H14Cl4N2O2/c29-14-3-7-16(8-4-14)33-19-12-2-13-1-11-18-21-20(13)22(19)26(34-17-9-5-15(30)6-10-17)24(31)23(21)25(32)28(36)27(18)35/h1-12,33-34H. The van der Waals surface area contributed by atoms with Crippen molar-refractivity contribution in [2.75, 3.05) is 10.6 Å². The lowest BCUT2D eigenvalue weighted by Gasteiger charge is -2.21. The zero-order valence-electron chi connectivity index (χ0n) is 18.3. The number of hydrogen-bond acceptors (Lipinski definition) is 4. The van der Waals surface area contributed by atoms with Crippen molar-refractivity contribution in [2.45, 2.75) is 0 Å². The van der Waals surface area contributed by atoms with E-state index in [0.29, 0.717) is 26.5 Å². The van der Waals surface area contributed by atoms with Crippen LogP contribution in [-0.4, -0.2) is 0 Å². The van der Waals surface area contributed by atoms with Gasteiger partial charge in [-0.1, -0.05) is 58.5 Å². The highest BCUT2D eigenvalue weighted by atomic mass is 35.5. The molecular weight excluding hydrogens is 538 g/mol. The van der Waals surface area contributed by atoms with E-state index in [0.717, 1.165) is 33.2 Å². The van der Waals surface area contributed by atoms with E-state index >= 15 is 0 Å². The second-order valence-corrected chi connectivity index (χ2v) is 10.0. The minimum atomic E-state index is -0.776. The molecule has 6 rings (SSSR count). The fraction of sp³-hybridized carbons (Fsp3) is 0. The molecule has 0 aliphatic heterocycles. The van der Waals surface area contributed by atoms with Crippen molar-refractivity contribution in [1.82, 2.24) is 0 Å². The van der Waals surface area contributed by atoms with E-state index in [4.69, 9.17) is 46.4 Å². The summed E-state index contributed by atoms with van der Waals surface area (Å²) >= 11 is 25.6.